The van der Waals surface area contributed by atoms with E-state index in [4.69, 9.17) is 0 Å². The number of amides is 2. The molecule has 2 N–H and O–H groups in total. The number of hydrogen-bond acceptors (Lipinski definition) is 5. The Labute approximate surface area is 182 Å². The lowest BCUT2D eigenvalue weighted by atomic mass is 10.0. The highest BCUT2D eigenvalue weighted by Gasteiger charge is 2.51. The number of fused-ring (bicyclic) bond motifs is 1. The quantitative estimate of drug-likeness (QED) is 0.797. The van der Waals surface area contributed by atoms with E-state index in [0.29, 0.717) is 38.0 Å². The molecule has 0 radical (unpaired) electrons. The van der Waals surface area contributed by atoms with E-state index in [2.05, 4.69) is 35.5 Å². The molecule has 2 aliphatic heterocycles. The Kier molecular flexibility index (Phi) is 4.66. The minimum atomic E-state index is -1.15. The molecule has 0 aromatic heterocycles. The summed E-state index contributed by atoms with van der Waals surface area (Å²) in [6.07, 6.45) is 1.09. The molecular weight excluding hydrogens is 392 g/mol. The van der Waals surface area contributed by atoms with E-state index in [1.807, 2.05) is 36.1 Å². The van der Waals surface area contributed by atoms with Gasteiger partial charge in [0.05, 0.1) is 18.0 Å². The van der Waals surface area contributed by atoms with E-state index in [1.165, 1.54) is 5.69 Å². The highest BCUT2D eigenvalue weighted by Crippen LogP contribution is 2.37. The Balaban J connectivity index is 1.27. The second-order valence-electron chi connectivity index (χ2n) is 8.97. The third kappa shape index (κ3) is 3.53. The molecular formula is C24H28N4O3. The van der Waals surface area contributed by atoms with Crippen LogP contribution >= 0.6 is 0 Å². The van der Waals surface area contributed by atoms with Gasteiger partial charge in [0.25, 0.3) is 11.8 Å². The van der Waals surface area contributed by atoms with Crippen LogP contribution in [0.4, 0.5) is 11.4 Å². The van der Waals surface area contributed by atoms with Crippen molar-refractivity contribution < 1.29 is 14.7 Å². The van der Waals surface area contributed by atoms with Gasteiger partial charge in [-0.15, -0.1) is 0 Å². The van der Waals surface area contributed by atoms with Crippen LogP contribution in [0.5, 0.6) is 0 Å². The lowest BCUT2D eigenvalue weighted by Crippen LogP contribution is -2.57. The van der Waals surface area contributed by atoms with Gasteiger partial charge in [0, 0.05) is 38.3 Å². The molecule has 1 saturated carbocycles. The first-order valence-electron chi connectivity index (χ1n) is 10.9. The second kappa shape index (κ2) is 7.27. The normalized spacial score (nSPS) is 21.5. The molecule has 3 aliphatic rings. The molecule has 2 aromatic rings. The molecule has 1 saturated heterocycles. The van der Waals surface area contributed by atoms with Crippen molar-refractivity contribution in [2.75, 3.05) is 43.6 Å². The molecule has 2 fully saturated rings. The number of carbonyl (C=O) groups is 2. The number of carbonyl (C=O) groups excluding carboxylic acids is 2. The zero-order valence-electron chi connectivity index (χ0n) is 18.0. The summed E-state index contributed by atoms with van der Waals surface area (Å²) in [6.45, 7) is 4.17. The average Bonchev–Trinajstić information content (AvgIpc) is 3.44. The maximum Gasteiger partial charge on any atom is 0.254 e. The van der Waals surface area contributed by atoms with Crippen LogP contribution in [-0.2, 0) is 4.79 Å². The van der Waals surface area contributed by atoms with Crippen LogP contribution in [-0.4, -0.2) is 71.7 Å². The lowest BCUT2D eigenvalue weighted by molar-refractivity contribution is -0.144. The zero-order chi connectivity index (χ0) is 21.8. The van der Waals surface area contributed by atoms with Crippen LogP contribution in [0.2, 0.25) is 0 Å². The fourth-order valence-corrected chi connectivity index (χ4v) is 4.52. The summed E-state index contributed by atoms with van der Waals surface area (Å²) in [6, 6.07) is 14.0. The van der Waals surface area contributed by atoms with Crippen molar-refractivity contribution in [3.05, 3.63) is 48.0 Å². The summed E-state index contributed by atoms with van der Waals surface area (Å²) in [7, 11) is 2.06. The maximum atomic E-state index is 13.1. The van der Waals surface area contributed by atoms with Gasteiger partial charge in [-0.05, 0) is 55.2 Å². The van der Waals surface area contributed by atoms with Gasteiger partial charge in [0.1, 0.15) is 5.60 Å². The monoisotopic (exact) mass is 420 g/mol. The zero-order valence-corrected chi connectivity index (χ0v) is 18.0. The largest absolute Gasteiger partial charge is 0.380 e. The van der Waals surface area contributed by atoms with Crippen molar-refractivity contribution >= 4 is 23.2 Å². The number of nitrogens with one attached hydrogen (secondary N) is 1. The maximum absolute atomic E-state index is 13.1. The number of aliphatic hydroxyl groups is 1. The Bertz CT molecular complexity index is 1030. The molecule has 2 aromatic carbocycles. The van der Waals surface area contributed by atoms with Crippen molar-refractivity contribution in [1.82, 2.24) is 9.80 Å². The van der Waals surface area contributed by atoms with Crippen molar-refractivity contribution in [2.45, 2.75) is 31.4 Å². The standard InChI is InChI=1S/C24H28N4O3/c1-16-14-27(23(30)24(31)9-10-24)11-12-28(16)22(29)18-5-3-17(4-6-18)19-7-8-21-20(13-19)25-15-26(21)2/h3-8,13,16,25,31H,9-12,14-15H2,1-2H3/t16-/m0/s1. The minimum Gasteiger partial charge on any atom is -0.380 e. The van der Waals surface area contributed by atoms with Gasteiger partial charge in [0.15, 0.2) is 0 Å². The lowest BCUT2D eigenvalue weighted by Gasteiger charge is -2.40. The van der Waals surface area contributed by atoms with Gasteiger partial charge in [-0.25, -0.2) is 0 Å². The fourth-order valence-electron chi connectivity index (χ4n) is 4.52. The van der Waals surface area contributed by atoms with Crippen LogP contribution < -0.4 is 10.2 Å². The summed E-state index contributed by atoms with van der Waals surface area (Å²) in [5, 5.41) is 13.5. The average molecular weight is 421 g/mol. The topological polar surface area (TPSA) is 76.1 Å². The summed E-state index contributed by atoms with van der Waals surface area (Å²) in [5.74, 6) is -0.209. The Morgan fingerprint density at radius 1 is 1.06 bits per heavy atom. The third-order valence-corrected chi connectivity index (χ3v) is 6.68. The number of anilines is 2. The highest BCUT2D eigenvalue weighted by atomic mass is 16.3. The number of benzene rings is 2. The Hall–Kier alpha value is -3.06. The molecule has 1 aliphatic carbocycles. The first-order valence-corrected chi connectivity index (χ1v) is 10.9. The number of piperazine rings is 1. The summed E-state index contributed by atoms with van der Waals surface area (Å²) < 4.78 is 0. The van der Waals surface area contributed by atoms with E-state index in [-0.39, 0.29) is 17.9 Å². The SMILES string of the molecule is C[C@H]1CN(C(=O)C2(O)CC2)CCN1C(=O)c1ccc(-c2ccc3c(c2)NCN3C)cc1. The molecule has 0 bridgehead atoms. The first kappa shape index (κ1) is 19.9. The van der Waals surface area contributed by atoms with Gasteiger partial charge in [-0.3, -0.25) is 9.59 Å². The van der Waals surface area contributed by atoms with Crippen molar-refractivity contribution in [2.24, 2.45) is 0 Å². The van der Waals surface area contributed by atoms with Crippen LogP contribution in [0.15, 0.2) is 42.5 Å². The van der Waals surface area contributed by atoms with Gasteiger partial charge < -0.3 is 25.1 Å². The van der Waals surface area contributed by atoms with E-state index < -0.39 is 5.60 Å². The number of nitrogens with zero attached hydrogens (tertiary/aromatic N) is 3. The van der Waals surface area contributed by atoms with Gasteiger partial charge in [-0.2, -0.15) is 0 Å². The molecule has 31 heavy (non-hydrogen) atoms. The minimum absolute atomic E-state index is 0.0199. The predicted molar refractivity (Wildman–Crippen MR) is 120 cm³/mol. The molecule has 5 rings (SSSR count). The molecule has 162 valence electrons. The Morgan fingerprint density at radius 3 is 2.45 bits per heavy atom. The van der Waals surface area contributed by atoms with Crippen LogP contribution in [0.3, 0.4) is 0 Å². The molecule has 2 amide bonds. The van der Waals surface area contributed by atoms with Crippen LogP contribution in [0.25, 0.3) is 11.1 Å². The molecule has 0 spiro atoms. The van der Waals surface area contributed by atoms with Crippen molar-refractivity contribution in [1.29, 1.82) is 0 Å². The predicted octanol–water partition coefficient (Wildman–Crippen LogP) is 2.37. The van der Waals surface area contributed by atoms with E-state index in [9.17, 15) is 14.7 Å². The van der Waals surface area contributed by atoms with Gasteiger partial charge in [-0.1, -0.05) is 18.2 Å². The molecule has 2 heterocycles. The van der Waals surface area contributed by atoms with Gasteiger partial charge in [0.2, 0.25) is 0 Å². The van der Waals surface area contributed by atoms with Crippen molar-refractivity contribution in [3.8, 4) is 11.1 Å². The first-order chi connectivity index (χ1) is 14.9. The van der Waals surface area contributed by atoms with Crippen LogP contribution in [0, 0.1) is 0 Å². The molecule has 0 unspecified atom stereocenters. The fraction of sp³-hybridized carbons (Fsp3) is 0.417. The number of rotatable bonds is 3. The Morgan fingerprint density at radius 2 is 1.77 bits per heavy atom. The molecule has 7 nitrogen and oxygen atoms in total. The highest BCUT2D eigenvalue weighted by molar-refractivity contribution is 5.95. The summed E-state index contributed by atoms with van der Waals surface area (Å²) in [4.78, 5) is 31.2. The van der Waals surface area contributed by atoms with Gasteiger partial charge >= 0.3 is 0 Å². The summed E-state index contributed by atoms with van der Waals surface area (Å²) >= 11 is 0. The van der Waals surface area contributed by atoms with E-state index >= 15 is 0 Å². The van der Waals surface area contributed by atoms with Crippen LogP contribution in [0.1, 0.15) is 30.1 Å². The van der Waals surface area contributed by atoms with E-state index in [0.717, 1.165) is 23.5 Å². The van der Waals surface area contributed by atoms with E-state index in [1.54, 1.807) is 4.90 Å². The molecule has 1 atom stereocenters. The van der Waals surface area contributed by atoms with Crippen molar-refractivity contribution in [3.63, 3.8) is 0 Å². The second-order valence-corrected chi connectivity index (χ2v) is 8.97. The molecule has 7 heteroatoms. The smallest absolute Gasteiger partial charge is 0.254 e. The summed E-state index contributed by atoms with van der Waals surface area (Å²) in [5.41, 5.74) is 3.99. The number of hydrogen-bond donors (Lipinski definition) is 2. The third-order valence-electron chi connectivity index (χ3n) is 6.68.